The van der Waals surface area contributed by atoms with E-state index in [4.69, 9.17) is 0 Å². The van der Waals surface area contributed by atoms with E-state index in [9.17, 15) is 5.11 Å². The fraction of sp³-hybridized carbons (Fsp3) is 0.889. The molecule has 0 atom stereocenters. The molecule has 1 aliphatic rings. The van der Waals surface area contributed by atoms with Gasteiger partial charge in [-0.2, -0.15) is 0 Å². The van der Waals surface area contributed by atoms with E-state index in [1.54, 1.807) is 0 Å². The van der Waals surface area contributed by atoms with Gasteiger partial charge in [0.05, 0.1) is 5.60 Å². The molecule has 1 radical (unpaired) electrons. The van der Waals surface area contributed by atoms with Crippen molar-refractivity contribution in [2.24, 2.45) is 0 Å². The lowest BCUT2D eigenvalue weighted by atomic mass is 9.82. The van der Waals surface area contributed by atoms with Gasteiger partial charge < -0.3 is 5.11 Å². The topological polar surface area (TPSA) is 20.2 Å². The normalized spacial score (nSPS) is 24.6. The summed E-state index contributed by atoms with van der Waals surface area (Å²) in [5, 5.41) is 9.82. The van der Waals surface area contributed by atoms with Crippen LogP contribution in [-0.2, 0) is 0 Å². The minimum absolute atomic E-state index is 0.396. The summed E-state index contributed by atoms with van der Waals surface area (Å²) in [6.07, 6.45) is 8.74. The summed E-state index contributed by atoms with van der Waals surface area (Å²) < 4.78 is 0. The maximum Gasteiger partial charge on any atom is 0.0679 e. The molecule has 0 spiro atoms. The highest BCUT2D eigenvalue weighted by atomic mass is 16.3. The zero-order chi connectivity index (χ0) is 7.45. The summed E-state index contributed by atoms with van der Waals surface area (Å²) in [5.41, 5.74) is -0.396. The highest BCUT2D eigenvalue weighted by molar-refractivity contribution is 4.93. The van der Waals surface area contributed by atoms with Gasteiger partial charge in [-0.3, -0.25) is 0 Å². The zero-order valence-electron chi connectivity index (χ0n) is 6.77. The van der Waals surface area contributed by atoms with Gasteiger partial charge in [0.1, 0.15) is 0 Å². The molecule has 0 aromatic carbocycles. The van der Waals surface area contributed by atoms with Crippen LogP contribution in [0.2, 0.25) is 0 Å². The third kappa shape index (κ3) is 1.98. The molecule has 0 bridgehead atoms. The van der Waals surface area contributed by atoms with Crippen molar-refractivity contribution in [2.45, 2.75) is 51.0 Å². The smallest absolute Gasteiger partial charge is 0.0679 e. The van der Waals surface area contributed by atoms with Crippen LogP contribution >= 0.6 is 0 Å². The average Bonchev–Trinajstić information content (AvgIpc) is 1.89. The van der Waals surface area contributed by atoms with E-state index >= 15 is 0 Å². The lowest BCUT2D eigenvalue weighted by molar-refractivity contribution is 0.0330. The molecular formula is C9H17O. The Kier molecular flexibility index (Phi) is 2.72. The fourth-order valence-corrected chi connectivity index (χ4v) is 1.75. The first-order valence-corrected chi connectivity index (χ1v) is 4.33. The van der Waals surface area contributed by atoms with Crippen molar-refractivity contribution in [1.29, 1.82) is 0 Å². The molecule has 0 heterocycles. The molecule has 0 amide bonds. The van der Waals surface area contributed by atoms with E-state index in [2.05, 4.69) is 13.3 Å². The van der Waals surface area contributed by atoms with Gasteiger partial charge in [0.25, 0.3) is 0 Å². The van der Waals surface area contributed by atoms with Crippen LogP contribution in [0, 0.1) is 6.42 Å². The average molecular weight is 141 g/mol. The van der Waals surface area contributed by atoms with E-state index in [-0.39, 0.29) is 0 Å². The molecular weight excluding hydrogens is 124 g/mol. The molecule has 1 saturated carbocycles. The molecule has 0 aromatic heterocycles. The standard InChI is InChI=1S/C9H17O/c1-2-6-9(10)7-4-3-5-8-9/h6,10H,2-5,7-8H2,1H3. The van der Waals surface area contributed by atoms with Crippen molar-refractivity contribution in [3.05, 3.63) is 6.42 Å². The third-order valence-electron chi connectivity index (χ3n) is 2.30. The van der Waals surface area contributed by atoms with Crippen LogP contribution in [0.25, 0.3) is 0 Å². The first kappa shape index (κ1) is 8.06. The Hall–Kier alpha value is -0.0400. The van der Waals surface area contributed by atoms with Crippen molar-refractivity contribution in [1.82, 2.24) is 0 Å². The Morgan fingerprint density at radius 3 is 2.40 bits per heavy atom. The maximum absolute atomic E-state index is 9.82. The molecule has 1 rings (SSSR count). The molecule has 0 aliphatic heterocycles. The lowest BCUT2D eigenvalue weighted by Crippen LogP contribution is -2.31. The van der Waals surface area contributed by atoms with Gasteiger partial charge >= 0.3 is 0 Å². The van der Waals surface area contributed by atoms with Crippen LogP contribution in [0.15, 0.2) is 0 Å². The van der Waals surface area contributed by atoms with Crippen molar-refractivity contribution in [3.8, 4) is 0 Å². The molecule has 0 aromatic rings. The van der Waals surface area contributed by atoms with E-state index in [1.807, 2.05) is 0 Å². The fourth-order valence-electron chi connectivity index (χ4n) is 1.75. The van der Waals surface area contributed by atoms with Gasteiger partial charge in [-0.25, -0.2) is 0 Å². The second kappa shape index (κ2) is 3.38. The third-order valence-corrected chi connectivity index (χ3v) is 2.30. The molecule has 10 heavy (non-hydrogen) atoms. The summed E-state index contributed by atoms with van der Waals surface area (Å²) in [6.45, 7) is 2.09. The SMILES string of the molecule is CC[CH]C1(O)CCCCC1. The Morgan fingerprint density at radius 1 is 1.30 bits per heavy atom. The zero-order valence-corrected chi connectivity index (χ0v) is 6.77. The molecule has 1 heteroatoms. The van der Waals surface area contributed by atoms with Crippen molar-refractivity contribution < 1.29 is 5.11 Å². The summed E-state index contributed by atoms with van der Waals surface area (Å²) in [6, 6.07) is 0. The van der Waals surface area contributed by atoms with E-state index in [1.165, 1.54) is 19.3 Å². The molecule has 1 N–H and O–H groups in total. The molecule has 1 aliphatic carbocycles. The Morgan fingerprint density at radius 2 is 1.90 bits per heavy atom. The van der Waals surface area contributed by atoms with Gasteiger partial charge in [-0.05, 0) is 19.3 Å². The quantitative estimate of drug-likeness (QED) is 0.625. The van der Waals surface area contributed by atoms with Crippen molar-refractivity contribution in [3.63, 3.8) is 0 Å². The number of rotatable bonds is 2. The molecule has 0 saturated heterocycles. The Balaban J connectivity index is 2.32. The molecule has 59 valence electrons. The maximum atomic E-state index is 9.82. The van der Waals surface area contributed by atoms with Crippen LogP contribution in [0.1, 0.15) is 45.4 Å². The predicted octanol–water partition coefficient (Wildman–Crippen LogP) is 2.30. The van der Waals surface area contributed by atoms with E-state index in [0.29, 0.717) is 0 Å². The summed E-state index contributed by atoms with van der Waals surface area (Å²) in [5.74, 6) is 0. The molecule has 1 fully saturated rings. The number of hydrogen-bond donors (Lipinski definition) is 1. The van der Waals surface area contributed by atoms with Gasteiger partial charge in [0, 0.05) is 0 Å². The summed E-state index contributed by atoms with van der Waals surface area (Å²) in [7, 11) is 0. The molecule has 1 nitrogen and oxygen atoms in total. The lowest BCUT2D eigenvalue weighted by Gasteiger charge is -2.31. The van der Waals surface area contributed by atoms with Crippen LogP contribution < -0.4 is 0 Å². The number of hydrogen-bond acceptors (Lipinski definition) is 1. The Labute approximate surface area is 63.4 Å². The van der Waals surface area contributed by atoms with E-state index in [0.717, 1.165) is 19.3 Å². The van der Waals surface area contributed by atoms with Gasteiger partial charge in [0.2, 0.25) is 0 Å². The minimum Gasteiger partial charge on any atom is -0.390 e. The van der Waals surface area contributed by atoms with Crippen LogP contribution in [0.5, 0.6) is 0 Å². The largest absolute Gasteiger partial charge is 0.390 e. The van der Waals surface area contributed by atoms with Crippen LogP contribution in [0.3, 0.4) is 0 Å². The van der Waals surface area contributed by atoms with Gasteiger partial charge in [0.15, 0.2) is 0 Å². The van der Waals surface area contributed by atoms with Gasteiger partial charge in [-0.1, -0.05) is 32.6 Å². The predicted molar refractivity (Wildman–Crippen MR) is 42.6 cm³/mol. The molecule has 0 unspecified atom stereocenters. The second-order valence-corrected chi connectivity index (χ2v) is 3.28. The Bertz CT molecular complexity index is 87.4. The monoisotopic (exact) mass is 141 g/mol. The van der Waals surface area contributed by atoms with Crippen LogP contribution in [-0.4, -0.2) is 10.7 Å². The minimum atomic E-state index is -0.396. The number of aliphatic hydroxyl groups is 1. The first-order chi connectivity index (χ1) is 4.77. The van der Waals surface area contributed by atoms with Crippen molar-refractivity contribution in [2.75, 3.05) is 0 Å². The highest BCUT2D eigenvalue weighted by Crippen LogP contribution is 2.30. The van der Waals surface area contributed by atoms with E-state index < -0.39 is 5.60 Å². The van der Waals surface area contributed by atoms with Crippen LogP contribution in [0.4, 0.5) is 0 Å². The highest BCUT2D eigenvalue weighted by Gasteiger charge is 2.27. The van der Waals surface area contributed by atoms with Gasteiger partial charge in [-0.15, -0.1) is 0 Å². The van der Waals surface area contributed by atoms with Crippen molar-refractivity contribution >= 4 is 0 Å². The second-order valence-electron chi connectivity index (χ2n) is 3.28. The first-order valence-electron chi connectivity index (χ1n) is 4.33. The summed E-state index contributed by atoms with van der Waals surface area (Å²) in [4.78, 5) is 0. The summed E-state index contributed by atoms with van der Waals surface area (Å²) >= 11 is 0.